The van der Waals surface area contributed by atoms with E-state index in [2.05, 4.69) is 15.4 Å². The maximum Gasteiger partial charge on any atom is 0.335 e. The van der Waals surface area contributed by atoms with Crippen LogP contribution in [0.25, 0.3) is 5.69 Å². The van der Waals surface area contributed by atoms with Crippen molar-refractivity contribution >= 4 is 23.6 Å². The van der Waals surface area contributed by atoms with E-state index in [1.165, 1.54) is 16.8 Å². The molecule has 2 aromatic carbocycles. The van der Waals surface area contributed by atoms with Gasteiger partial charge in [0.25, 0.3) is 0 Å². The Labute approximate surface area is 141 Å². The lowest BCUT2D eigenvalue weighted by molar-refractivity contribution is 0.0697. The van der Waals surface area contributed by atoms with Gasteiger partial charge in [0, 0.05) is 11.8 Å². The molecule has 4 rings (SSSR count). The van der Waals surface area contributed by atoms with Crippen molar-refractivity contribution in [2.75, 3.05) is 17.8 Å². The Morgan fingerprint density at radius 1 is 1.16 bits per heavy atom. The number of hydrogen-bond donors (Lipinski definition) is 3. The maximum absolute atomic E-state index is 10.9. The number of carbonyl (C=O) groups is 1. The molecular formula is C16H13N5O4. The Kier molecular flexibility index (Phi) is 3.38. The summed E-state index contributed by atoms with van der Waals surface area (Å²) in [5, 5.41) is 16.3. The number of aromatic carboxylic acids is 1. The molecule has 3 aromatic rings. The number of nitrogen functional groups attached to an aromatic ring is 1. The van der Waals surface area contributed by atoms with Crippen LogP contribution in [0, 0.1) is 0 Å². The normalized spacial score (nSPS) is 12.2. The van der Waals surface area contributed by atoms with Crippen LogP contribution < -0.4 is 20.5 Å². The topological polar surface area (TPSA) is 125 Å². The number of nitrogens with one attached hydrogen (secondary N) is 1. The van der Waals surface area contributed by atoms with Gasteiger partial charge in [-0.1, -0.05) is 0 Å². The molecule has 4 N–H and O–H groups in total. The largest absolute Gasteiger partial charge is 0.478 e. The second-order valence-corrected chi connectivity index (χ2v) is 5.25. The third kappa shape index (κ3) is 2.78. The van der Waals surface area contributed by atoms with Gasteiger partial charge in [0.15, 0.2) is 11.5 Å². The summed E-state index contributed by atoms with van der Waals surface area (Å²) in [5.74, 6) is 0.803. The predicted octanol–water partition coefficient (Wildman–Crippen LogP) is 2.02. The molecule has 0 saturated heterocycles. The number of carboxylic acids is 1. The number of anilines is 3. The van der Waals surface area contributed by atoms with Gasteiger partial charge in [-0.15, -0.1) is 5.10 Å². The molecule has 1 aliphatic rings. The molecule has 0 spiro atoms. The zero-order chi connectivity index (χ0) is 17.4. The standard InChI is InChI=1S/C16H13N5O4/c17-15-19-16(18-10-3-6-12-13(7-10)25-8-24-12)20-21(15)11-4-1-9(2-5-11)14(22)23/h1-7H,8H2,(H,22,23)(H3,17,18,19,20). The van der Waals surface area contributed by atoms with Gasteiger partial charge in [-0.3, -0.25) is 0 Å². The summed E-state index contributed by atoms with van der Waals surface area (Å²) in [6.07, 6.45) is 0. The zero-order valence-electron chi connectivity index (χ0n) is 12.8. The van der Waals surface area contributed by atoms with Gasteiger partial charge in [0.1, 0.15) is 0 Å². The molecule has 0 amide bonds. The van der Waals surface area contributed by atoms with E-state index in [1.807, 2.05) is 6.07 Å². The number of rotatable bonds is 4. The second kappa shape index (κ2) is 5.71. The van der Waals surface area contributed by atoms with Gasteiger partial charge in [-0.2, -0.15) is 9.67 Å². The Morgan fingerprint density at radius 3 is 2.68 bits per heavy atom. The van der Waals surface area contributed by atoms with Gasteiger partial charge >= 0.3 is 5.97 Å². The highest BCUT2D eigenvalue weighted by atomic mass is 16.7. The van der Waals surface area contributed by atoms with Crippen molar-refractivity contribution in [2.24, 2.45) is 0 Å². The molecule has 126 valence electrons. The molecule has 0 atom stereocenters. The van der Waals surface area contributed by atoms with E-state index in [1.54, 1.807) is 24.3 Å². The van der Waals surface area contributed by atoms with Crippen LogP contribution in [-0.4, -0.2) is 32.6 Å². The molecule has 25 heavy (non-hydrogen) atoms. The SMILES string of the molecule is Nc1nc(Nc2ccc3c(c2)OCO3)nn1-c1ccc(C(=O)O)cc1. The molecular weight excluding hydrogens is 326 g/mol. The van der Waals surface area contributed by atoms with Crippen LogP contribution in [0.1, 0.15) is 10.4 Å². The number of ether oxygens (including phenoxy) is 2. The fraction of sp³-hybridized carbons (Fsp3) is 0.0625. The highest BCUT2D eigenvalue weighted by Crippen LogP contribution is 2.34. The van der Waals surface area contributed by atoms with E-state index < -0.39 is 5.97 Å². The smallest absolute Gasteiger partial charge is 0.335 e. The number of hydrogen-bond acceptors (Lipinski definition) is 7. The molecule has 0 fully saturated rings. The molecule has 0 saturated carbocycles. The van der Waals surface area contributed by atoms with Crippen LogP contribution >= 0.6 is 0 Å². The van der Waals surface area contributed by atoms with Gasteiger partial charge in [-0.05, 0) is 36.4 Å². The lowest BCUT2D eigenvalue weighted by Crippen LogP contribution is -2.03. The van der Waals surface area contributed by atoms with Crippen LogP contribution in [0.5, 0.6) is 11.5 Å². The van der Waals surface area contributed by atoms with Crippen LogP contribution in [0.15, 0.2) is 42.5 Å². The van der Waals surface area contributed by atoms with E-state index in [-0.39, 0.29) is 18.3 Å². The maximum atomic E-state index is 10.9. The number of nitrogens with two attached hydrogens (primary N) is 1. The van der Waals surface area contributed by atoms with E-state index in [4.69, 9.17) is 20.3 Å². The number of aromatic nitrogens is 3. The van der Waals surface area contributed by atoms with Crippen molar-refractivity contribution in [1.29, 1.82) is 0 Å². The first-order valence-corrected chi connectivity index (χ1v) is 7.33. The van der Waals surface area contributed by atoms with Crippen LogP contribution in [0.4, 0.5) is 17.6 Å². The summed E-state index contributed by atoms with van der Waals surface area (Å²) in [6, 6.07) is 11.5. The lowest BCUT2D eigenvalue weighted by atomic mass is 10.2. The third-order valence-corrected chi connectivity index (χ3v) is 3.62. The van der Waals surface area contributed by atoms with Crippen molar-refractivity contribution in [3.05, 3.63) is 48.0 Å². The zero-order valence-corrected chi connectivity index (χ0v) is 12.8. The molecule has 2 heterocycles. The summed E-state index contributed by atoms with van der Waals surface area (Å²) >= 11 is 0. The Balaban J connectivity index is 1.58. The summed E-state index contributed by atoms with van der Waals surface area (Å²) in [7, 11) is 0. The fourth-order valence-electron chi connectivity index (χ4n) is 2.42. The van der Waals surface area contributed by atoms with Crippen molar-refractivity contribution in [3.63, 3.8) is 0 Å². The van der Waals surface area contributed by atoms with E-state index in [0.717, 1.165) is 5.69 Å². The van der Waals surface area contributed by atoms with Gasteiger partial charge in [0.05, 0.1) is 11.3 Å². The molecule has 0 bridgehead atoms. The molecule has 0 aliphatic carbocycles. The summed E-state index contributed by atoms with van der Waals surface area (Å²) in [4.78, 5) is 15.1. The second-order valence-electron chi connectivity index (χ2n) is 5.25. The monoisotopic (exact) mass is 339 g/mol. The number of benzene rings is 2. The summed E-state index contributed by atoms with van der Waals surface area (Å²) in [6.45, 7) is 0.199. The highest BCUT2D eigenvalue weighted by molar-refractivity contribution is 5.87. The predicted molar refractivity (Wildman–Crippen MR) is 88.6 cm³/mol. The number of carboxylic acid groups (broad SMARTS) is 1. The van der Waals surface area contributed by atoms with E-state index in [9.17, 15) is 4.79 Å². The van der Waals surface area contributed by atoms with Gasteiger partial charge in [-0.25, -0.2) is 4.79 Å². The molecule has 1 aromatic heterocycles. The Morgan fingerprint density at radius 2 is 1.92 bits per heavy atom. The van der Waals surface area contributed by atoms with Crippen LogP contribution in [0.2, 0.25) is 0 Å². The Bertz CT molecular complexity index is 952. The quantitative estimate of drug-likeness (QED) is 0.659. The molecule has 9 nitrogen and oxygen atoms in total. The Hall–Kier alpha value is -3.75. The van der Waals surface area contributed by atoms with Gasteiger partial charge < -0.3 is 25.6 Å². The van der Waals surface area contributed by atoms with Crippen LogP contribution in [0.3, 0.4) is 0 Å². The minimum Gasteiger partial charge on any atom is -0.478 e. The van der Waals surface area contributed by atoms with Crippen molar-refractivity contribution in [2.45, 2.75) is 0 Å². The van der Waals surface area contributed by atoms with Crippen molar-refractivity contribution in [3.8, 4) is 17.2 Å². The summed E-state index contributed by atoms with van der Waals surface area (Å²) in [5.41, 5.74) is 7.42. The first-order chi connectivity index (χ1) is 12.1. The minimum absolute atomic E-state index is 0.173. The van der Waals surface area contributed by atoms with Gasteiger partial charge in [0.2, 0.25) is 18.7 Å². The molecule has 0 radical (unpaired) electrons. The van der Waals surface area contributed by atoms with Crippen LogP contribution in [-0.2, 0) is 0 Å². The highest BCUT2D eigenvalue weighted by Gasteiger charge is 2.15. The molecule has 0 unspecified atom stereocenters. The third-order valence-electron chi connectivity index (χ3n) is 3.62. The molecule has 9 heteroatoms. The fourth-order valence-corrected chi connectivity index (χ4v) is 2.42. The first kappa shape index (κ1) is 14.8. The summed E-state index contributed by atoms with van der Waals surface area (Å²) < 4.78 is 12.0. The lowest BCUT2D eigenvalue weighted by Gasteiger charge is -2.04. The minimum atomic E-state index is -0.997. The van der Waals surface area contributed by atoms with Crippen molar-refractivity contribution in [1.82, 2.24) is 14.8 Å². The van der Waals surface area contributed by atoms with E-state index >= 15 is 0 Å². The average molecular weight is 339 g/mol. The number of nitrogens with zero attached hydrogens (tertiary/aromatic N) is 3. The molecule has 1 aliphatic heterocycles. The average Bonchev–Trinajstić information content (AvgIpc) is 3.21. The number of fused-ring (bicyclic) bond motifs is 1. The first-order valence-electron chi connectivity index (χ1n) is 7.33. The van der Waals surface area contributed by atoms with E-state index in [0.29, 0.717) is 23.1 Å². The van der Waals surface area contributed by atoms with Crippen molar-refractivity contribution < 1.29 is 19.4 Å².